The maximum absolute atomic E-state index is 14.1. The van der Waals surface area contributed by atoms with E-state index in [4.69, 9.17) is 5.26 Å². The zero-order valence-corrected chi connectivity index (χ0v) is 13.5. The molecule has 122 valence electrons. The number of benzene rings is 2. The number of anilines is 2. The number of nitrogens with one attached hydrogen (secondary N) is 1. The van der Waals surface area contributed by atoms with Crippen molar-refractivity contribution >= 4 is 17.3 Å². The molecule has 1 aliphatic rings. The van der Waals surface area contributed by atoms with E-state index in [9.17, 15) is 9.18 Å². The zero-order valence-electron chi connectivity index (χ0n) is 13.5. The Kier molecular flexibility index (Phi) is 4.48. The van der Waals surface area contributed by atoms with Crippen LogP contribution in [0.1, 0.15) is 34.3 Å². The Hall–Kier alpha value is -2.87. The van der Waals surface area contributed by atoms with Crippen molar-refractivity contribution in [3.05, 3.63) is 58.9 Å². The summed E-state index contributed by atoms with van der Waals surface area (Å²) in [5.41, 5.74) is 2.43. The second kappa shape index (κ2) is 6.71. The Bertz CT molecular complexity index is 820. The van der Waals surface area contributed by atoms with Crippen molar-refractivity contribution in [3.8, 4) is 6.07 Å². The molecule has 0 saturated carbocycles. The van der Waals surface area contributed by atoms with E-state index >= 15 is 0 Å². The fourth-order valence-corrected chi connectivity index (χ4v) is 2.86. The lowest BCUT2D eigenvalue weighted by Gasteiger charge is -2.19. The molecule has 24 heavy (non-hydrogen) atoms. The second-order valence-electron chi connectivity index (χ2n) is 5.98. The minimum atomic E-state index is -0.392. The summed E-state index contributed by atoms with van der Waals surface area (Å²) in [4.78, 5) is 14.5. The van der Waals surface area contributed by atoms with E-state index in [1.165, 1.54) is 6.07 Å². The molecule has 1 amide bonds. The largest absolute Gasteiger partial charge is 0.352 e. The third-order valence-corrected chi connectivity index (χ3v) is 4.17. The van der Waals surface area contributed by atoms with Crippen LogP contribution in [0.5, 0.6) is 0 Å². The van der Waals surface area contributed by atoms with Gasteiger partial charge in [0.2, 0.25) is 0 Å². The third kappa shape index (κ3) is 3.23. The van der Waals surface area contributed by atoms with Gasteiger partial charge < -0.3 is 10.2 Å². The van der Waals surface area contributed by atoms with E-state index in [1.54, 1.807) is 35.2 Å². The molecule has 1 aliphatic heterocycles. The molecule has 1 N–H and O–H groups in total. The summed E-state index contributed by atoms with van der Waals surface area (Å²) in [5, 5.41) is 12.1. The zero-order chi connectivity index (χ0) is 17.1. The molecule has 0 atom stereocenters. The van der Waals surface area contributed by atoms with Crippen LogP contribution in [-0.2, 0) is 0 Å². The maximum Gasteiger partial charge on any atom is 0.255 e. The summed E-state index contributed by atoms with van der Waals surface area (Å²) in [6, 6.07) is 11.7. The molecule has 0 unspecified atom stereocenters. The van der Waals surface area contributed by atoms with Gasteiger partial charge in [0.1, 0.15) is 5.82 Å². The minimum Gasteiger partial charge on any atom is -0.352 e. The second-order valence-corrected chi connectivity index (χ2v) is 5.98. The summed E-state index contributed by atoms with van der Waals surface area (Å²) in [5.74, 6) is -0.482. The van der Waals surface area contributed by atoms with E-state index in [2.05, 4.69) is 11.4 Å². The van der Waals surface area contributed by atoms with E-state index in [0.717, 1.165) is 31.5 Å². The molecular weight excluding hydrogens is 305 g/mol. The van der Waals surface area contributed by atoms with Crippen molar-refractivity contribution in [3.63, 3.8) is 0 Å². The van der Waals surface area contributed by atoms with Gasteiger partial charge in [-0.3, -0.25) is 4.79 Å². The predicted octanol–water partition coefficient (Wildman–Crippen LogP) is 3.99. The lowest BCUT2D eigenvalue weighted by molar-refractivity contribution is 0.0794. The number of hydrogen-bond donors (Lipinski definition) is 1. The normalized spacial score (nSPS) is 13.6. The summed E-state index contributed by atoms with van der Waals surface area (Å²) in [7, 11) is 0. The third-order valence-electron chi connectivity index (χ3n) is 4.17. The molecule has 5 heteroatoms. The summed E-state index contributed by atoms with van der Waals surface area (Å²) in [6.07, 6.45) is 1.99. The van der Waals surface area contributed by atoms with Crippen LogP contribution in [-0.4, -0.2) is 23.9 Å². The van der Waals surface area contributed by atoms with Crippen LogP contribution in [0.25, 0.3) is 0 Å². The molecule has 0 aromatic heterocycles. The Morgan fingerprint density at radius 1 is 1.17 bits per heavy atom. The molecule has 0 bridgehead atoms. The average Bonchev–Trinajstić information content (AvgIpc) is 3.11. The molecule has 0 aliphatic carbocycles. The highest BCUT2D eigenvalue weighted by molar-refractivity contribution is 6.00. The first-order valence-electron chi connectivity index (χ1n) is 7.95. The summed E-state index contributed by atoms with van der Waals surface area (Å²) < 4.78 is 14.1. The van der Waals surface area contributed by atoms with Crippen LogP contribution in [0.4, 0.5) is 15.8 Å². The lowest BCUT2D eigenvalue weighted by Crippen LogP contribution is -2.28. The molecule has 1 heterocycles. The highest BCUT2D eigenvalue weighted by atomic mass is 19.1. The van der Waals surface area contributed by atoms with Gasteiger partial charge in [0.05, 0.1) is 28.6 Å². The number of rotatable bonds is 3. The Morgan fingerprint density at radius 3 is 2.58 bits per heavy atom. The molecule has 4 nitrogen and oxygen atoms in total. The van der Waals surface area contributed by atoms with Gasteiger partial charge in [0.15, 0.2) is 0 Å². The van der Waals surface area contributed by atoms with Crippen molar-refractivity contribution in [1.82, 2.24) is 4.90 Å². The molecule has 1 saturated heterocycles. The van der Waals surface area contributed by atoms with Crippen molar-refractivity contribution < 1.29 is 9.18 Å². The summed E-state index contributed by atoms with van der Waals surface area (Å²) >= 11 is 0. The smallest absolute Gasteiger partial charge is 0.255 e. The van der Waals surface area contributed by atoms with E-state index in [0.29, 0.717) is 16.8 Å². The molecule has 2 aromatic rings. The van der Waals surface area contributed by atoms with Crippen LogP contribution in [0, 0.1) is 24.1 Å². The fraction of sp³-hybridized carbons (Fsp3) is 0.263. The first kappa shape index (κ1) is 16.0. The van der Waals surface area contributed by atoms with Gasteiger partial charge in [0, 0.05) is 13.1 Å². The van der Waals surface area contributed by atoms with Gasteiger partial charge in [-0.25, -0.2) is 4.39 Å². The number of aryl methyl sites for hydroxylation is 1. The number of halogens is 1. The van der Waals surface area contributed by atoms with Crippen LogP contribution >= 0.6 is 0 Å². The number of carbonyl (C=O) groups excluding carboxylic acids is 1. The SMILES string of the molecule is Cc1ccc(Nc2cc(C#N)ccc2C(=O)N2CCCC2)c(F)c1. The van der Waals surface area contributed by atoms with Gasteiger partial charge in [0.25, 0.3) is 5.91 Å². The van der Waals surface area contributed by atoms with Crippen LogP contribution in [0.15, 0.2) is 36.4 Å². The monoisotopic (exact) mass is 323 g/mol. The fourth-order valence-electron chi connectivity index (χ4n) is 2.86. The van der Waals surface area contributed by atoms with Gasteiger partial charge in [-0.1, -0.05) is 6.07 Å². The quantitative estimate of drug-likeness (QED) is 0.929. The standard InChI is InChI=1S/C19H18FN3O/c1-13-4-7-17(16(20)10-13)22-18-11-14(12-21)5-6-15(18)19(24)23-8-2-3-9-23/h4-7,10-11,22H,2-3,8-9H2,1H3. The number of nitriles is 1. The predicted molar refractivity (Wildman–Crippen MR) is 90.7 cm³/mol. The number of carbonyl (C=O) groups is 1. The topological polar surface area (TPSA) is 56.1 Å². The molecule has 1 fully saturated rings. The number of amides is 1. The molecule has 2 aromatic carbocycles. The van der Waals surface area contributed by atoms with Crippen LogP contribution < -0.4 is 5.32 Å². The average molecular weight is 323 g/mol. The number of nitrogens with zero attached hydrogens (tertiary/aromatic N) is 2. The lowest BCUT2D eigenvalue weighted by atomic mass is 10.1. The first-order chi connectivity index (χ1) is 11.6. The minimum absolute atomic E-state index is 0.0907. The van der Waals surface area contributed by atoms with Gasteiger partial charge in [-0.05, 0) is 55.7 Å². The maximum atomic E-state index is 14.1. The summed E-state index contributed by atoms with van der Waals surface area (Å²) in [6.45, 7) is 3.28. The number of hydrogen-bond acceptors (Lipinski definition) is 3. The van der Waals surface area contributed by atoms with Gasteiger partial charge >= 0.3 is 0 Å². The Labute approximate surface area is 140 Å². The van der Waals surface area contributed by atoms with Crippen molar-refractivity contribution in [2.75, 3.05) is 18.4 Å². The van der Waals surface area contributed by atoms with Crippen LogP contribution in [0.3, 0.4) is 0 Å². The first-order valence-corrected chi connectivity index (χ1v) is 7.95. The molecular formula is C19H18FN3O. The van der Waals surface area contributed by atoms with E-state index in [1.807, 2.05) is 6.92 Å². The van der Waals surface area contributed by atoms with Crippen LogP contribution in [0.2, 0.25) is 0 Å². The van der Waals surface area contributed by atoms with Gasteiger partial charge in [-0.2, -0.15) is 5.26 Å². The molecule has 3 rings (SSSR count). The highest BCUT2D eigenvalue weighted by Gasteiger charge is 2.22. The van der Waals surface area contributed by atoms with Gasteiger partial charge in [-0.15, -0.1) is 0 Å². The molecule has 0 radical (unpaired) electrons. The van der Waals surface area contributed by atoms with Crippen molar-refractivity contribution in [2.24, 2.45) is 0 Å². The Balaban J connectivity index is 1.98. The molecule has 0 spiro atoms. The van der Waals surface area contributed by atoms with Crippen molar-refractivity contribution in [2.45, 2.75) is 19.8 Å². The number of likely N-dealkylation sites (tertiary alicyclic amines) is 1. The highest BCUT2D eigenvalue weighted by Crippen LogP contribution is 2.27. The van der Waals surface area contributed by atoms with E-state index in [-0.39, 0.29) is 11.6 Å². The Morgan fingerprint density at radius 2 is 1.92 bits per heavy atom. The van der Waals surface area contributed by atoms with Crippen molar-refractivity contribution in [1.29, 1.82) is 5.26 Å². The van der Waals surface area contributed by atoms with E-state index < -0.39 is 5.82 Å².